The Morgan fingerprint density at radius 1 is 1.24 bits per heavy atom. The molecule has 1 aromatic carbocycles. The number of ether oxygens (including phenoxy) is 1. The summed E-state index contributed by atoms with van der Waals surface area (Å²) in [5, 5.41) is 23.1. The van der Waals surface area contributed by atoms with E-state index in [4.69, 9.17) is 4.74 Å². The summed E-state index contributed by atoms with van der Waals surface area (Å²) in [7, 11) is 0. The molecule has 0 saturated heterocycles. The first-order chi connectivity index (χ1) is 16.3. The topological polar surface area (TPSA) is 95.5 Å². The number of nitriles is 1. The van der Waals surface area contributed by atoms with Gasteiger partial charge in [0.05, 0.1) is 23.5 Å². The van der Waals surface area contributed by atoms with Gasteiger partial charge in [-0.05, 0) is 52.3 Å². The summed E-state index contributed by atoms with van der Waals surface area (Å²) in [5.41, 5.74) is 4.64. The number of hydrogen-bond donors (Lipinski definition) is 1. The lowest BCUT2D eigenvalue weighted by molar-refractivity contribution is -0.127. The Morgan fingerprint density at radius 2 is 1.94 bits per heavy atom. The van der Waals surface area contributed by atoms with Crippen molar-refractivity contribution in [3.8, 4) is 6.07 Å². The van der Waals surface area contributed by atoms with Crippen LogP contribution in [0.5, 0.6) is 0 Å². The van der Waals surface area contributed by atoms with Gasteiger partial charge in [0.15, 0.2) is 10.8 Å². The van der Waals surface area contributed by atoms with E-state index in [1.165, 1.54) is 11.8 Å². The highest BCUT2D eigenvalue weighted by atomic mass is 32.2. The molecule has 0 aliphatic carbocycles. The molecule has 1 aliphatic rings. The molecule has 1 N–H and O–H groups in total. The lowest BCUT2D eigenvalue weighted by Crippen LogP contribution is -2.33. The summed E-state index contributed by atoms with van der Waals surface area (Å²) in [5.74, 6) is 0.901. The van der Waals surface area contributed by atoms with Gasteiger partial charge in [-0.25, -0.2) is 0 Å². The number of nitrogens with zero attached hydrogens (tertiary/aromatic N) is 5. The van der Waals surface area contributed by atoms with E-state index in [-0.39, 0.29) is 17.3 Å². The molecule has 0 radical (unpaired) electrons. The predicted molar refractivity (Wildman–Crippen MR) is 133 cm³/mol. The van der Waals surface area contributed by atoms with E-state index in [1.807, 2.05) is 63.3 Å². The number of aryl methyl sites for hydroxylation is 1. The summed E-state index contributed by atoms with van der Waals surface area (Å²) in [6.07, 6.45) is 0.597. The van der Waals surface area contributed by atoms with Crippen LogP contribution in [0.4, 0.5) is 11.5 Å². The minimum absolute atomic E-state index is 0.0448. The third-order valence-electron chi connectivity index (χ3n) is 6.11. The first kappa shape index (κ1) is 24.0. The molecular formula is C25H30N6O2S. The van der Waals surface area contributed by atoms with Crippen LogP contribution in [0.3, 0.4) is 0 Å². The van der Waals surface area contributed by atoms with Crippen LogP contribution in [0.2, 0.25) is 0 Å². The van der Waals surface area contributed by atoms with E-state index in [0.29, 0.717) is 48.3 Å². The quantitative estimate of drug-likeness (QED) is 0.501. The molecule has 1 aliphatic heterocycles. The maximum atomic E-state index is 12.6. The van der Waals surface area contributed by atoms with Gasteiger partial charge < -0.3 is 15.0 Å². The molecule has 0 spiro atoms. The molecular weight excluding hydrogens is 448 g/mol. The van der Waals surface area contributed by atoms with Crippen LogP contribution in [0, 0.1) is 18.3 Å². The lowest BCUT2D eigenvalue weighted by atomic mass is 9.89. The molecule has 2 aromatic heterocycles. The third-order valence-corrected chi connectivity index (χ3v) is 7.02. The van der Waals surface area contributed by atoms with Crippen molar-refractivity contribution in [2.24, 2.45) is 0 Å². The highest BCUT2D eigenvalue weighted by Gasteiger charge is 2.33. The highest BCUT2D eigenvalue weighted by molar-refractivity contribution is 7.99. The van der Waals surface area contributed by atoms with Gasteiger partial charge in [0.1, 0.15) is 11.9 Å². The molecule has 3 heterocycles. The van der Waals surface area contributed by atoms with E-state index in [2.05, 4.69) is 21.6 Å². The largest absolute Gasteiger partial charge is 0.370 e. The van der Waals surface area contributed by atoms with Crippen LogP contribution >= 0.6 is 11.8 Å². The van der Waals surface area contributed by atoms with Crippen LogP contribution in [0.15, 0.2) is 29.4 Å². The number of fused-ring (bicyclic) bond motifs is 3. The normalized spacial score (nSPS) is 14.5. The predicted octanol–water partition coefficient (Wildman–Crippen LogP) is 4.46. The molecule has 8 nitrogen and oxygen atoms in total. The molecule has 0 bridgehead atoms. The van der Waals surface area contributed by atoms with Crippen molar-refractivity contribution in [1.82, 2.24) is 19.5 Å². The highest BCUT2D eigenvalue weighted by Crippen LogP contribution is 2.38. The second-order valence-corrected chi connectivity index (χ2v) is 9.95. The number of anilines is 2. The molecule has 3 aromatic rings. The SMILES string of the molecule is CCN(CC)C(=O)CSc1nnc2c3c(c(C#N)c(Nc4ccc(C)cc4)n12)CC(C)(C)OC3. The molecule has 0 saturated carbocycles. The maximum absolute atomic E-state index is 12.6. The molecule has 0 fully saturated rings. The van der Waals surface area contributed by atoms with Gasteiger partial charge in [0, 0.05) is 30.8 Å². The molecule has 9 heteroatoms. The van der Waals surface area contributed by atoms with Crippen LogP contribution in [-0.2, 0) is 22.6 Å². The first-order valence-electron chi connectivity index (χ1n) is 11.5. The Morgan fingerprint density at radius 3 is 2.59 bits per heavy atom. The van der Waals surface area contributed by atoms with Crippen molar-refractivity contribution in [2.45, 2.75) is 58.4 Å². The molecule has 0 atom stereocenters. The monoisotopic (exact) mass is 478 g/mol. The number of pyridine rings is 1. The number of aromatic nitrogens is 3. The van der Waals surface area contributed by atoms with E-state index in [1.54, 1.807) is 4.90 Å². The molecule has 34 heavy (non-hydrogen) atoms. The lowest BCUT2D eigenvalue weighted by Gasteiger charge is -2.33. The number of carbonyl (C=O) groups is 1. The average molecular weight is 479 g/mol. The summed E-state index contributed by atoms with van der Waals surface area (Å²) < 4.78 is 7.92. The summed E-state index contributed by atoms with van der Waals surface area (Å²) in [6, 6.07) is 10.4. The van der Waals surface area contributed by atoms with Crippen LogP contribution in [0.25, 0.3) is 5.65 Å². The Balaban J connectivity index is 1.84. The number of benzene rings is 1. The van der Waals surface area contributed by atoms with E-state index in [9.17, 15) is 10.1 Å². The van der Waals surface area contributed by atoms with Crippen LogP contribution in [0.1, 0.15) is 49.9 Å². The number of amides is 1. The van der Waals surface area contributed by atoms with Gasteiger partial charge >= 0.3 is 0 Å². The second-order valence-electron chi connectivity index (χ2n) is 9.00. The maximum Gasteiger partial charge on any atom is 0.233 e. The number of hydrogen-bond acceptors (Lipinski definition) is 7. The van der Waals surface area contributed by atoms with Gasteiger partial charge in [-0.15, -0.1) is 10.2 Å². The Kier molecular flexibility index (Phi) is 6.82. The van der Waals surface area contributed by atoms with E-state index in [0.717, 1.165) is 22.4 Å². The van der Waals surface area contributed by atoms with Crippen molar-refractivity contribution in [1.29, 1.82) is 5.26 Å². The smallest absolute Gasteiger partial charge is 0.233 e. The fourth-order valence-corrected chi connectivity index (χ4v) is 5.04. The fourth-order valence-electron chi connectivity index (χ4n) is 4.20. The number of carbonyl (C=O) groups excluding carboxylic acids is 1. The number of nitrogens with one attached hydrogen (secondary N) is 1. The van der Waals surface area contributed by atoms with Gasteiger partial charge in [-0.2, -0.15) is 5.26 Å². The minimum atomic E-state index is -0.383. The summed E-state index contributed by atoms with van der Waals surface area (Å²) >= 11 is 1.33. The van der Waals surface area contributed by atoms with E-state index >= 15 is 0 Å². The summed E-state index contributed by atoms with van der Waals surface area (Å²) in [4.78, 5) is 14.4. The third kappa shape index (κ3) is 4.61. The Bertz CT molecular complexity index is 1260. The molecule has 4 rings (SSSR count). The Hall–Kier alpha value is -3.09. The Labute approximate surface area is 204 Å². The van der Waals surface area contributed by atoms with Crippen molar-refractivity contribution < 1.29 is 9.53 Å². The van der Waals surface area contributed by atoms with Gasteiger partial charge in [0.25, 0.3) is 0 Å². The zero-order valence-electron chi connectivity index (χ0n) is 20.3. The van der Waals surface area contributed by atoms with Crippen LogP contribution in [-0.4, -0.2) is 49.8 Å². The molecule has 0 unspecified atom stereocenters. The van der Waals surface area contributed by atoms with Crippen LogP contribution < -0.4 is 5.32 Å². The van der Waals surface area contributed by atoms with Gasteiger partial charge in [-0.3, -0.25) is 9.20 Å². The van der Waals surface area contributed by atoms with Crippen molar-refractivity contribution in [3.63, 3.8) is 0 Å². The first-order valence-corrected chi connectivity index (χ1v) is 12.5. The second kappa shape index (κ2) is 9.65. The van der Waals surface area contributed by atoms with Crippen molar-refractivity contribution in [3.05, 3.63) is 46.5 Å². The van der Waals surface area contributed by atoms with E-state index < -0.39 is 0 Å². The fraction of sp³-hybridized carbons (Fsp3) is 0.440. The number of thioether (sulfide) groups is 1. The average Bonchev–Trinajstić information content (AvgIpc) is 3.23. The van der Waals surface area contributed by atoms with Gasteiger partial charge in [0.2, 0.25) is 5.91 Å². The number of rotatable bonds is 7. The zero-order chi connectivity index (χ0) is 24.5. The van der Waals surface area contributed by atoms with Crippen molar-refractivity contribution in [2.75, 3.05) is 24.2 Å². The minimum Gasteiger partial charge on any atom is -0.370 e. The standard InChI is InChI=1S/C25H30N6O2S/c1-6-30(7-2)21(32)15-34-24-29-28-23-20-14-33-25(4,5)12-18(20)19(13-26)22(31(23)24)27-17-10-8-16(3)9-11-17/h8-11,27H,6-7,12,14-15H2,1-5H3. The summed E-state index contributed by atoms with van der Waals surface area (Å²) in [6.45, 7) is 11.7. The van der Waals surface area contributed by atoms with Gasteiger partial charge in [-0.1, -0.05) is 29.5 Å². The van der Waals surface area contributed by atoms with Crippen molar-refractivity contribution >= 4 is 34.8 Å². The molecule has 178 valence electrons. The zero-order valence-corrected chi connectivity index (χ0v) is 21.1. The molecule has 1 amide bonds.